The molecule has 150 valence electrons. The molecule has 1 amide bonds. The molecule has 27 heavy (non-hydrogen) atoms. The number of hydrogen-bond donors (Lipinski definition) is 2. The van der Waals surface area contributed by atoms with Gasteiger partial charge in [0.1, 0.15) is 10.6 Å². The summed E-state index contributed by atoms with van der Waals surface area (Å²) in [6.45, 7) is 2.05. The molecule has 1 aromatic rings. The number of nitrogens with one attached hydrogen (secondary N) is 2. The lowest BCUT2D eigenvalue weighted by Gasteiger charge is -2.15. The molecule has 1 saturated carbocycles. The van der Waals surface area contributed by atoms with Crippen LogP contribution in [0.5, 0.6) is 5.75 Å². The zero-order valence-electron chi connectivity index (χ0n) is 15.5. The minimum absolute atomic E-state index is 0.00325. The van der Waals surface area contributed by atoms with Crippen LogP contribution in [0, 0.1) is 0 Å². The van der Waals surface area contributed by atoms with Crippen LogP contribution in [0.3, 0.4) is 0 Å². The number of hydrogen-bond acceptors (Lipinski definition) is 7. The molecule has 0 heterocycles. The Hall–Kier alpha value is -2.17. The molecule has 0 radical (unpaired) electrons. The first-order chi connectivity index (χ1) is 12.8. The first-order valence-electron chi connectivity index (χ1n) is 8.46. The number of carbonyl (C=O) groups excluding carboxylic acids is 2. The highest BCUT2D eigenvalue weighted by Crippen LogP contribution is 2.28. The summed E-state index contributed by atoms with van der Waals surface area (Å²) in [6, 6.07) is 3.85. The number of sulfonamides is 1. The monoisotopic (exact) mass is 400 g/mol. The quantitative estimate of drug-likeness (QED) is 0.432. The molecule has 0 unspecified atom stereocenters. The summed E-state index contributed by atoms with van der Waals surface area (Å²) in [7, 11) is -0.985. The van der Waals surface area contributed by atoms with Crippen LogP contribution in [0.25, 0.3) is 0 Å². The Kier molecular flexibility index (Phi) is 7.17. The highest BCUT2D eigenvalue weighted by molar-refractivity contribution is 7.89. The number of ether oxygens (including phenoxy) is 3. The number of carbonyl (C=O) groups is 2. The van der Waals surface area contributed by atoms with E-state index in [9.17, 15) is 18.0 Å². The standard InChI is InChI=1S/C17H24N2O7S/c1-11(16(20)18-8-9-24-2)26-17(21)12-4-7-14(25-3)15(10-12)27(22,23)19-13-5-6-13/h4,7,10-11,13,19H,5-6,8-9H2,1-3H3,(H,18,20)/t11-/m0/s1. The molecule has 10 heteroatoms. The molecule has 1 aliphatic carbocycles. The predicted molar refractivity (Wildman–Crippen MR) is 96.1 cm³/mol. The summed E-state index contributed by atoms with van der Waals surface area (Å²) in [6.07, 6.45) is 0.513. The van der Waals surface area contributed by atoms with Gasteiger partial charge < -0.3 is 19.5 Å². The molecule has 1 aliphatic rings. The zero-order chi connectivity index (χ0) is 20.0. The fourth-order valence-corrected chi connectivity index (χ4v) is 3.70. The third-order valence-electron chi connectivity index (χ3n) is 3.85. The molecule has 0 aromatic heterocycles. The molecule has 1 aromatic carbocycles. The average molecular weight is 400 g/mol. The SMILES string of the molecule is COCCNC(=O)[C@H](C)OC(=O)c1ccc(OC)c(S(=O)(=O)NC2CC2)c1. The van der Waals surface area contributed by atoms with Crippen LogP contribution in [0.1, 0.15) is 30.1 Å². The van der Waals surface area contributed by atoms with Gasteiger partial charge in [-0.05, 0) is 38.0 Å². The summed E-state index contributed by atoms with van der Waals surface area (Å²) >= 11 is 0. The van der Waals surface area contributed by atoms with Gasteiger partial charge in [-0.3, -0.25) is 4.79 Å². The number of amides is 1. The van der Waals surface area contributed by atoms with Crippen LogP contribution in [0.4, 0.5) is 0 Å². The van der Waals surface area contributed by atoms with E-state index in [0.29, 0.717) is 6.61 Å². The largest absolute Gasteiger partial charge is 0.495 e. The molecule has 2 N–H and O–H groups in total. The van der Waals surface area contributed by atoms with E-state index in [1.54, 1.807) is 0 Å². The second-order valence-corrected chi connectivity index (χ2v) is 7.77. The molecular formula is C17H24N2O7S. The third-order valence-corrected chi connectivity index (χ3v) is 5.39. The number of esters is 1. The van der Waals surface area contributed by atoms with E-state index in [1.807, 2.05) is 0 Å². The van der Waals surface area contributed by atoms with Crippen molar-refractivity contribution in [2.75, 3.05) is 27.4 Å². The van der Waals surface area contributed by atoms with Gasteiger partial charge in [0, 0.05) is 19.7 Å². The number of rotatable bonds is 10. The lowest BCUT2D eigenvalue weighted by atomic mass is 10.2. The van der Waals surface area contributed by atoms with Crippen LogP contribution in [-0.4, -0.2) is 59.8 Å². The molecule has 0 aliphatic heterocycles. The number of benzene rings is 1. The second-order valence-electron chi connectivity index (χ2n) is 6.09. The van der Waals surface area contributed by atoms with Crippen molar-refractivity contribution in [2.45, 2.75) is 36.8 Å². The van der Waals surface area contributed by atoms with Gasteiger partial charge in [0.05, 0.1) is 19.3 Å². The lowest BCUT2D eigenvalue weighted by Crippen LogP contribution is -2.37. The van der Waals surface area contributed by atoms with Gasteiger partial charge in [0.25, 0.3) is 5.91 Å². The topological polar surface area (TPSA) is 120 Å². The highest BCUT2D eigenvalue weighted by atomic mass is 32.2. The first-order valence-corrected chi connectivity index (χ1v) is 9.94. The van der Waals surface area contributed by atoms with Crippen molar-refractivity contribution in [1.29, 1.82) is 0 Å². The summed E-state index contributed by atoms with van der Waals surface area (Å²) in [5, 5.41) is 2.56. The Bertz CT molecular complexity index is 790. The molecular weight excluding hydrogens is 376 g/mol. The van der Waals surface area contributed by atoms with Gasteiger partial charge in [0.15, 0.2) is 6.10 Å². The van der Waals surface area contributed by atoms with E-state index in [0.717, 1.165) is 12.8 Å². The summed E-state index contributed by atoms with van der Waals surface area (Å²) < 4.78 is 42.6. The normalized spacial score (nSPS) is 15.1. The Morgan fingerprint density at radius 1 is 1.26 bits per heavy atom. The minimum Gasteiger partial charge on any atom is -0.495 e. The molecule has 9 nitrogen and oxygen atoms in total. The van der Waals surface area contributed by atoms with E-state index in [2.05, 4.69) is 10.0 Å². The van der Waals surface area contributed by atoms with Crippen molar-refractivity contribution in [3.63, 3.8) is 0 Å². The van der Waals surface area contributed by atoms with E-state index in [4.69, 9.17) is 14.2 Å². The van der Waals surface area contributed by atoms with Crippen molar-refractivity contribution in [1.82, 2.24) is 10.0 Å². The van der Waals surface area contributed by atoms with Gasteiger partial charge in [-0.25, -0.2) is 17.9 Å². The Morgan fingerprint density at radius 3 is 2.56 bits per heavy atom. The highest BCUT2D eigenvalue weighted by Gasteiger charge is 2.30. The van der Waals surface area contributed by atoms with Gasteiger partial charge in [-0.2, -0.15) is 0 Å². The predicted octanol–water partition coefficient (Wildman–Crippen LogP) is 0.444. The van der Waals surface area contributed by atoms with Gasteiger partial charge >= 0.3 is 5.97 Å². The fraction of sp³-hybridized carbons (Fsp3) is 0.529. The van der Waals surface area contributed by atoms with E-state index in [-0.39, 0.29) is 28.8 Å². The van der Waals surface area contributed by atoms with E-state index >= 15 is 0 Å². The smallest absolute Gasteiger partial charge is 0.338 e. The maximum Gasteiger partial charge on any atom is 0.338 e. The summed E-state index contributed by atoms with van der Waals surface area (Å²) in [4.78, 5) is 24.0. The van der Waals surface area contributed by atoms with Crippen LogP contribution < -0.4 is 14.8 Å². The first kappa shape index (κ1) is 21.1. The van der Waals surface area contributed by atoms with Gasteiger partial charge in [0.2, 0.25) is 10.0 Å². The third kappa shape index (κ3) is 5.91. The molecule has 0 saturated heterocycles. The van der Waals surface area contributed by atoms with Crippen molar-refractivity contribution in [2.24, 2.45) is 0 Å². The molecule has 1 fully saturated rings. The summed E-state index contributed by atoms with van der Waals surface area (Å²) in [5.41, 5.74) is 0.00325. The van der Waals surface area contributed by atoms with Gasteiger partial charge in [-0.15, -0.1) is 0 Å². The van der Waals surface area contributed by atoms with Gasteiger partial charge in [-0.1, -0.05) is 0 Å². The van der Waals surface area contributed by atoms with Crippen LogP contribution in [0.15, 0.2) is 23.1 Å². The maximum atomic E-state index is 12.5. The minimum atomic E-state index is -3.83. The Labute approximate surface area is 158 Å². The van der Waals surface area contributed by atoms with E-state index in [1.165, 1.54) is 39.3 Å². The van der Waals surface area contributed by atoms with Crippen LogP contribution >= 0.6 is 0 Å². The molecule has 0 bridgehead atoms. The Balaban J connectivity index is 2.12. The zero-order valence-corrected chi connectivity index (χ0v) is 16.3. The van der Waals surface area contributed by atoms with Crippen molar-refractivity contribution in [3.8, 4) is 5.75 Å². The Morgan fingerprint density at radius 2 is 1.96 bits per heavy atom. The summed E-state index contributed by atoms with van der Waals surface area (Å²) in [5.74, 6) is -1.17. The fourth-order valence-electron chi connectivity index (χ4n) is 2.20. The second kappa shape index (κ2) is 9.16. The number of methoxy groups -OCH3 is 2. The van der Waals surface area contributed by atoms with Crippen molar-refractivity contribution >= 4 is 21.9 Å². The van der Waals surface area contributed by atoms with Crippen LogP contribution in [-0.2, 0) is 24.3 Å². The maximum absolute atomic E-state index is 12.5. The average Bonchev–Trinajstić information content (AvgIpc) is 3.44. The van der Waals surface area contributed by atoms with Crippen LogP contribution in [0.2, 0.25) is 0 Å². The van der Waals surface area contributed by atoms with Crippen molar-refractivity contribution in [3.05, 3.63) is 23.8 Å². The molecule has 1 atom stereocenters. The lowest BCUT2D eigenvalue weighted by molar-refractivity contribution is -0.129. The molecule has 2 rings (SSSR count). The molecule has 0 spiro atoms. The van der Waals surface area contributed by atoms with Crippen molar-refractivity contribution < 1.29 is 32.2 Å². The van der Waals surface area contributed by atoms with E-state index < -0.39 is 28.0 Å².